The minimum Gasteiger partial charge on any atom is -0.496 e. The van der Waals surface area contributed by atoms with E-state index in [1.54, 1.807) is 30.2 Å². The van der Waals surface area contributed by atoms with Crippen molar-refractivity contribution in [2.75, 3.05) is 19.9 Å². The molecule has 1 heterocycles. The van der Waals surface area contributed by atoms with E-state index in [1.807, 2.05) is 23.1 Å². The zero-order valence-electron chi connectivity index (χ0n) is 12.5. The number of thioether (sulfide) groups is 1. The highest BCUT2D eigenvalue weighted by molar-refractivity contribution is 7.98. The van der Waals surface area contributed by atoms with Gasteiger partial charge in [-0.3, -0.25) is 0 Å². The Hall–Kier alpha value is -1.01. The van der Waals surface area contributed by atoms with E-state index in [-0.39, 0.29) is 6.04 Å². The number of methoxy groups -OCH3 is 1. The number of ether oxygens (including phenoxy) is 1. The molecule has 3 nitrogen and oxygen atoms in total. The number of aliphatic hydroxyl groups excluding tert-OH is 1. The summed E-state index contributed by atoms with van der Waals surface area (Å²) >= 11 is 3.27. The first kappa shape index (κ1) is 16.4. The smallest absolute Gasteiger partial charge is 0.132 e. The molecule has 0 saturated carbocycles. The molecule has 2 N–H and O–H groups in total. The average Bonchev–Trinajstić information content (AvgIpc) is 3.06. The third-order valence-electron chi connectivity index (χ3n) is 3.45. The van der Waals surface area contributed by atoms with Gasteiger partial charge in [-0.1, -0.05) is 6.07 Å². The van der Waals surface area contributed by atoms with Crippen molar-refractivity contribution in [1.82, 2.24) is 5.32 Å². The van der Waals surface area contributed by atoms with Gasteiger partial charge in [0.25, 0.3) is 0 Å². The maximum absolute atomic E-state index is 10.1. The Kier molecular flexibility index (Phi) is 6.11. The number of hydrogen-bond acceptors (Lipinski definition) is 5. The lowest BCUT2D eigenvalue weighted by Crippen LogP contribution is -2.24. The largest absolute Gasteiger partial charge is 0.496 e. The molecule has 2 rings (SSSR count). The van der Waals surface area contributed by atoms with Gasteiger partial charge < -0.3 is 15.2 Å². The Morgan fingerprint density at radius 2 is 2.14 bits per heavy atom. The van der Waals surface area contributed by atoms with Crippen LogP contribution in [0.15, 0.2) is 39.9 Å². The number of aliphatic hydroxyl groups is 1. The Balaban J connectivity index is 1.98. The molecule has 0 amide bonds. The van der Waals surface area contributed by atoms with E-state index in [1.165, 1.54) is 0 Å². The van der Waals surface area contributed by atoms with Gasteiger partial charge in [0.2, 0.25) is 0 Å². The summed E-state index contributed by atoms with van der Waals surface area (Å²) in [4.78, 5) is 1.13. The van der Waals surface area contributed by atoms with E-state index in [0.717, 1.165) is 21.8 Å². The molecular weight excluding hydrogens is 302 g/mol. The molecular formula is C16H21NO2S2. The van der Waals surface area contributed by atoms with Crippen molar-refractivity contribution in [3.63, 3.8) is 0 Å². The predicted octanol–water partition coefficient (Wildman–Crippen LogP) is 3.86. The highest BCUT2D eigenvalue weighted by atomic mass is 32.2. The molecule has 21 heavy (non-hydrogen) atoms. The van der Waals surface area contributed by atoms with Crippen LogP contribution in [0.3, 0.4) is 0 Å². The summed E-state index contributed by atoms with van der Waals surface area (Å²) in [5, 5.41) is 17.4. The Labute approximate surface area is 134 Å². The van der Waals surface area contributed by atoms with Gasteiger partial charge in [0.1, 0.15) is 5.75 Å². The topological polar surface area (TPSA) is 41.5 Å². The summed E-state index contributed by atoms with van der Waals surface area (Å²) < 4.78 is 5.41. The summed E-state index contributed by atoms with van der Waals surface area (Å²) in [7, 11) is 1.69. The molecule has 0 aliphatic carbocycles. The highest BCUT2D eigenvalue weighted by Crippen LogP contribution is 2.30. The van der Waals surface area contributed by atoms with Crippen molar-refractivity contribution in [2.45, 2.75) is 24.0 Å². The third-order valence-corrected chi connectivity index (χ3v) is 4.93. The molecule has 0 aliphatic heterocycles. The molecule has 2 aromatic rings. The van der Waals surface area contributed by atoms with Crippen molar-refractivity contribution in [1.29, 1.82) is 0 Å². The molecule has 114 valence electrons. The van der Waals surface area contributed by atoms with Gasteiger partial charge in [0, 0.05) is 17.5 Å². The first-order valence-electron chi connectivity index (χ1n) is 6.81. The minimum absolute atomic E-state index is 0.156. The molecule has 0 spiro atoms. The third kappa shape index (κ3) is 4.23. The van der Waals surface area contributed by atoms with Gasteiger partial charge in [-0.05, 0) is 53.3 Å². The van der Waals surface area contributed by atoms with Gasteiger partial charge in [-0.15, -0.1) is 11.8 Å². The molecule has 0 aliphatic rings. The zero-order valence-corrected chi connectivity index (χ0v) is 14.1. The maximum atomic E-state index is 10.1. The molecule has 5 heteroatoms. The van der Waals surface area contributed by atoms with Gasteiger partial charge in [-0.2, -0.15) is 11.3 Å². The molecule has 0 radical (unpaired) electrons. The lowest BCUT2D eigenvalue weighted by molar-refractivity contribution is 0.171. The molecule has 2 atom stereocenters. The SMILES string of the molecule is COc1cc(C(C)NCC(O)c2ccsc2)ccc1SC. The van der Waals surface area contributed by atoms with Crippen LogP contribution in [0.5, 0.6) is 5.75 Å². The van der Waals surface area contributed by atoms with Crippen LogP contribution in [0.2, 0.25) is 0 Å². The molecule has 2 unspecified atom stereocenters. The van der Waals surface area contributed by atoms with E-state index < -0.39 is 6.10 Å². The van der Waals surface area contributed by atoms with E-state index in [9.17, 15) is 5.11 Å². The van der Waals surface area contributed by atoms with Crippen LogP contribution in [0.4, 0.5) is 0 Å². The van der Waals surface area contributed by atoms with Crippen molar-refractivity contribution in [3.05, 3.63) is 46.2 Å². The number of thiophene rings is 1. The van der Waals surface area contributed by atoms with E-state index >= 15 is 0 Å². The van der Waals surface area contributed by atoms with Crippen LogP contribution in [-0.4, -0.2) is 25.0 Å². The fourth-order valence-corrected chi connectivity index (χ4v) is 3.37. The number of benzene rings is 1. The van der Waals surface area contributed by atoms with Crippen molar-refractivity contribution >= 4 is 23.1 Å². The second-order valence-electron chi connectivity index (χ2n) is 4.82. The van der Waals surface area contributed by atoms with Gasteiger partial charge in [0.15, 0.2) is 0 Å². The summed E-state index contributed by atoms with van der Waals surface area (Å²) in [6.45, 7) is 2.62. The molecule has 0 bridgehead atoms. The monoisotopic (exact) mass is 323 g/mol. The number of nitrogens with one attached hydrogen (secondary N) is 1. The van der Waals surface area contributed by atoms with Crippen LogP contribution in [-0.2, 0) is 0 Å². The number of hydrogen-bond donors (Lipinski definition) is 2. The Morgan fingerprint density at radius 3 is 2.76 bits per heavy atom. The summed E-state index contributed by atoms with van der Waals surface area (Å²) in [6, 6.07) is 8.34. The first-order valence-corrected chi connectivity index (χ1v) is 8.98. The van der Waals surface area contributed by atoms with Crippen LogP contribution in [0.25, 0.3) is 0 Å². The highest BCUT2D eigenvalue weighted by Gasteiger charge is 2.12. The molecule has 0 fully saturated rings. The second-order valence-corrected chi connectivity index (χ2v) is 6.44. The van der Waals surface area contributed by atoms with Gasteiger partial charge >= 0.3 is 0 Å². The lowest BCUT2D eigenvalue weighted by Gasteiger charge is -2.18. The van der Waals surface area contributed by atoms with Gasteiger partial charge in [0.05, 0.1) is 13.2 Å². The van der Waals surface area contributed by atoms with Crippen LogP contribution in [0.1, 0.15) is 30.2 Å². The quantitative estimate of drug-likeness (QED) is 0.759. The Morgan fingerprint density at radius 1 is 1.33 bits per heavy atom. The normalized spacial score (nSPS) is 13.9. The minimum atomic E-state index is -0.467. The lowest BCUT2D eigenvalue weighted by atomic mass is 10.1. The average molecular weight is 323 g/mol. The van der Waals surface area contributed by atoms with E-state index in [4.69, 9.17) is 4.74 Å². The van der Waals surface area contributed by atoms with E-state index in [2.05, 4.69) is 30.4 Å². The van der Waals surface area contributed by atoms with Crippen molar-refractivity contribution < 1.29 is 9.84 Å². The fraction of sp³-hybridized carbons (Fsp3) is 0.375. The predicted molar refractivity (Wildman–Crippen MR) is 90.5 cm³/mol. The standard InChI is InChI=1S/C16H21NO2S2/c1-11(17-9-14(18)13-6-7-21-10-13)12-4-5-16(20-3)15(8-12)19-2/h4-8,10-11,14,17-18H,9H2,1-3H3. The van der Waals surface area contributed by atoms with Crippen LogP contribution >= 0.6 is 23.1 Å². The maximum Gasteiger partial charge on any atom is 0.132 e. The van der Waals surface area contributed by atoms with E-state index in [0.29, 0.717) is 6.54 Å². The van der Waals surface area contributed by atoms with Crippen LogP contribution < -0.4 is 10.1 Å². The molecule has 0 saturated heterocycles. The zero-order chi connectivity index (χ0) is 15.2. The van der Waals surface area contributed by atoms with Crippen molar-refractivity contribution in [2.24, 2.45) is 0 Å². The first-order chi connectivity index (χ1) is 10.2. The summed E-state index contributed by atoms with van der Waals surface area (Å²) in [5.41, 5.74) is 2.12. The molecule has 1 aromatic heterocycles. The Bertz CT molecular complexity index is 557. The molecule has 1 aromatic carbocycles. The second kappa shape index (κ2) is 7.84. The summed E-state index contributed by atoms with van der Waals surface area (Å²) in [6.07, 6.45) is 1.57. The van der Waals surface area contributed by atoms with Gasteiger partial charge in [-0.25, -0.2) is 0 Å². The fourth-order valence-electron chi connectivity index (χ4n) is 2.11. The summed E-state index contributed by atoms with van der Waals surface area (Å²) in [5.74, 6) is 0.895. The number of rotatable bonds is 7. The van der Waals surface area contributed by atoms with Crippen LogP contribution in [0, 0.1) is 0 Å². The van der Waals surface area contributed by atoms with Crippen molar-refractivity contribution in [3.8, 4) is 5.75 Å².